The van der Waals surface area contributed by atoms with Crippen LogP contribution in [0, 0.1) is 28.6 Å². The third-order valence-corrected chi connectivity index (χ3v) is 10.6. The fourth-order valence-electron chi connectivity index (χ4n) is 8.85. The van der Waals surface area contributed by atoms with E-state index in [9.17, 15) is 9.59 Å². The van der Waals surface area contributed by atoms with Gasteiger partial charge in [0.05, 0.1) is 0 Å². The topological polar surface area (TPSA) is 49.4 Å². The van der Waals surface area contributed by atoms with Gasteiger partial charge in [-0.2, -0.15) is 0 Å². The largest absolute Gasteiger partial charge is 0.353 e. The molecule has 184 valence electrons. The van der Waals surface area contributed by atoms with Gasteiger partial charge >= 0.3 is 0 Å². The minimum absolute atomic E-state index is 0.114. The van der Waals surface area contributed by atoms with Crippen LogP contribution in [0.2, 0.25) is 0 Å². The molecule has 4 heteroatoms. The van der Waals surface area contributed by atoms with Crippen molar-refractivity contribution in [3.05, 3.63) is 66.2 Å². The van der Waals surface area contributed by atoms with E-state index in [4.69, 9.17) is 0 Å². The minimum Gasteiger partial charge on any atom is -0.353 e. The zero-order valence-corrected chi connectivity index (χ0v) is 21.1. The van der Waals surface area contributed by atoms with Gasteiger partial charge in [0.15, 0.2) is 0 Å². The van der Waals surface area contributed by atoms with Crippen LogP contribution in [0.4, 0.5) is 5.69 Å². The molecule has 0 radical (unpaired) electrons. The van der Waals surface area contributed by atoms with E-state index in [-0.39, 0.29) is 28.7 Å². The maximum atomic E-state index is 14.0. The molecule has 7 atom stereocenters. The van der Waals surface area contributed by atoms with Crippen LogP contribution in [0.15, 0.2) is 60.7 Å². The number of carbonyl (C=O) groups excluding carboxylic acids is 2. The van der Waals surface area contributed by atoms with E-state index in [1.54, 1.807) is 0 Å². The van der Waals surface area contributed by atoms with Crippen molar-refractivity contribution in [3.8, 4) is 0 Å². The number of nitrogens with zero attached hydrogens (tertiary/aromatic N) is 1. The zero-order chi connectivity index (χ0) is 24.2. The summed E-state index contributed by atoms with van der Waals surface area (Å²) in [7, 11) is 0. The van der Waals surface area contributed by atoms with Gasteiger partial charge in [-0.15, -0.1) is 0 Å². The SMILES string of the molecule is C[C@]12CCC(=O)N[C@@H]1CC[C@@H]1[C@@H]2CC[C@]2(C)[C@@H](N(C(=O)c3ccccc3)c3ccccc3)CC[C@@H]12. The zero-order valence-electron chi connectivity index (χ0n) is 21.1. The molecule has 4 fully saturated rings. The first kappa shape index (κ1) is 22.8. The first-order chi connectivity index (χ1) is 16.9. The highest BCUT2D eigenvalue weighted by Gasteiger charge is 2.61. The quantitative estimate of drug-likeness (QED) is 0.579. The maximum absolute atomic E-state index is 14.0. The van der Waals surface area contributed by atoms with Crippen molar-refractivity contribution in [2.75, 3.05) is 4.90 Å². The van der Waals surface area contributed by atoms with Crippen LogP contribution >= 0.6 is 0 Å². The van der Waals surface area contributed by atoms with Gasteiger partial charge in [-0.25, -0.2) is 0 Å². The van der Waals surface area contributed by atoms with Crippen LogP contribution in [0.25, 0.3) is 0 Å². The predicted molar refractivity (Wildman–Crippen MR) is 139 cm³/mol. The first-order valence-corrected chi connectivity index (χ1v) is 13.6. The number of piperidine rings is 1. The molecule has 1 N–H and O–H groups in total. The van der Waals surface area contributed by atoms with Crippen LogP contribution in [0.1, 0.15) is 75.6 Å². The molecule has 0 aromatic heterocycles. The van der Waals surface area contributed by atoms with E-state index >= 15 is 0 Å². The second-order valence-electron chi connectivity index (χ2n) is 12.1. The van der Waals surface area contributed by atoms with Gasteiger partial charge in [-0.3, -0.25) is 9.59 Å². The molecule has 0 unspecified atom stereocenters. The van der Waals surface area contributed by atoms with Crippen molar-refractivity contribution < 1.29 is 9.59 Å². The Hall–Kier alpha value is -2.62. The number of rotatable bonds is 3. The Morgan fingerprint density at radius 3 is 2.26 bits per heavy atom. The highest BCUT2D eigenvalue weighted by Crippen LogP contribution is 2.65. The van der Waals surface area contributed by atoms with E-state index in [1.807, 2.05) is 48.5 Å². The van der Waals surface area contributed by atoms with Crippen molar-refractivity contribution >= 4 is 17.5 Å². The standard InChI is InChI=1S/C31H38N2O2/c1-30-20-18-28(34)32-26(30)15-13-23-24-14-16-27(31(24,2)19-17-25(23)30)33(22-11-7-4-8-12-22)29(35)21-9-5-3-6-10-21/h3-12,23-27H,13-20H2,1-2H3,(H,32,34)/t23-,24-,25-,26+,27-,30+,31-/m0/s1. The lowest BCUT2D eigenvalue weighted by Crippen LogP contribution is -2.62. The number of hydrogen-bond acceptors (Lipinski definition) is 2. The normalized spacial score (nSPS) is 38.0. The third kappa shape index (κ3) is 3.55. The number of nitrogens with one attached hydrogen (secondary N) is 1. The molecule has 2 amide bonds. The molecule has 1 heterocycles. The van der Waals surface area contributed by atoms with Crippen molar-refractivity contribution in [1.29, 1.82) is 0 Å². The molecule has 1 saturated heterocycles. The fraction of sp³-hybridized carbons (Fsp3) is 0.548. The monoisotopic (exact) mass is 470 g/mol. The Bertz CT molecular complexity index is 1100. The average molecular weight is 471 g/mol. The highest BCUT2D eigenvalue weighted by molar-refractivity contribution is 6.06. The van der Waals surface area contributed by atoms with E-state index in [1.165, 1.54) is 19.3 Å². The fourth-order valence-corrected chi connectivity index (χ4v) is 8.85. The van der Waals surface area contributed by atoms with Crippen LogP contribution < -0.4 is 10.2 Å². The third-order valence-electron chi connectivity index (χ3n) is 10.6. The molecular formula is C31H38N2O2. The van der Waals surface area contributed by atoms with E-state index in [0.717, 1.165) is 36.9 Å². The maximum Gasteiger partial charge on any atom is 0.258 e. The van der Waals surface area contributed by atoms with E-state index in [0.29, 0.717) is 30.2 Å². The molecule has 4 aliphatic rings. The summed E-state index contributed by atoms with van der Waals surface area (Å²) in [6.07, 6.45) is 8.64. The summed E-state index contributed by atoms with van der Waals surface area (Å²) in [4.78, 5) is 28.3. The van der Waals surface area contributed by atoms with E-state index in [2.05, 4.69) is 36.2 Å². The van der Waals surface area contributed by atoms with Crippen LogP contribution in [0.5, 0.6) is 0 Å². The molecule has 6 rings (SSSR count). The lowest BCUT2D eigenvalue weighted by Gasteiger charge is -2.60. The first-order valence-electron chi connectivity index (χ1n) is 13.6. The molecular weight excluding hydrogens is 432 g/mol. The number of carbonyl (C=O) groups is 2. The number of anilines is 1. The molecule has 2 aromatic carbocycles. The number of hydrogen-bond donors (Lipinski definition) is 1. The summed E-state index contributed by atoms with van der Waals surface area (Å²) in [5, 5.41) is 3.35. The lowest BCUT2D eigenvalue weighted by molar-refractivity contribution is -0.135. The van der Waals surface area contributed by atoms with Crippen molar-refractivity contribution in [1.82, 2.24) is 5.32 Å². The van der Waals surface area contributed by atoms with Gasteiger partial charge < -0.3 is 10.2 Å². The minimum atomic E-state index is 0.114. The summed E-state index contributed by atoms with van der Waals surface area (Å²) >= 11 is 0. The number of fused-ring (bicyclic) bond motifs is 5. The van der Waals surface area contributed by atoms with Gasteiger partial charge in [-0.05, 0) is 97.8 Å². The van der Waals surface area contributed by atoms with E-state index < -0.39 is 0 Å². The van der Waals surface area contributed by atoms with Gasteiger partial charge in [-0.1, -0.05) is 50.2 Å². The number of benzene rings is 2. The smallest absolute Gasteiger partial charge is 0.258 e. The van der Waals surface area contributed by atoms with Gasteiger partial charge in [0.25, 0.3) is 5.91 Å². The molecule has 2 aromatic rings. The summed E-state index contributed by atoms with van der Waals surface area (Å²) in [6, 6.07) is 20.7. The van der Waals surface area contributed by atoms with Crippen LogP contribution in [0.3, 0.4) is 0 Å². The molecule has 1 aliphatic heterocycles. The molecule has 0 bridgehead atoms. The Morgan fingerprint density at radius 2 is 1.51 bits per heavy atom. The molecule has 35 heavy (non-hydrogen) atoms. The second-order valence-corrected chi connectivity index (χ2v) is 12.1. The van der Waals surface area contributed by atoms with Crippen LogP contribution in [-0.4, -0.2) is 23.9 Å². The average Bonchev–Trinajstić information content (AvgIpc) is 3.23. The predicted octanol–water partition coefficient (Wildman–Crippen LogP) is 6.22. The van der Waals surface area contributed by atoms with Gasteiger partial charge in [0.1, 0.15) is 0 Å². The second kappa shape index (κ2) is 8.50. The molecule has 3 saturated carbocycles. The van der Waals surface area contributed by atoms with Crippen molar-refractivity contribution in [2.45, 2.75) is 77.3 Å². The molecule has 4 nitrogen and oxygen atoms in total. The van der Waals surface area contributed by atoms with Crippen LogP contribution in [-0.2, 0) is 4.79 Å². The number of para-hydroxylation sites is 1. The summed E-state index contributed by atoms with van der Waals surface area (Å²) in [6.45, 7) is 4.94. The Balaban J connectivity index is 1.33. The summed E-state index contributed by atoms with van der Waals surface area (Å²) in [5.74, 6) is 2.37. The summed E-state index contributed by atoms with van der Waals surface area (Å²) < 4.78 is 0. The summed E-state index contributed by atoms with van der Waals surface area (Å²) in [5.41, 5.74) is 2.11. The number of amides is 2. The Kier molecular flexibility index (Phi) is 5.54. The van der Waals surface area contributed by atoms with Gasteiger partial charge in [0.2, 0.25) is 5.91 Å². The highest BCUT2D eigenvalue weighted by atomic mass is 16.2. The molecule has 3 aliphatic carbocycles. The van der Waals surface area contributed by atoms with Gasteiger partial charge in [0, 0.05) is 29.8 Å². The Labute approximate surface area is 209 Å². The molecule has 0 spiro atoms. The lowest BCUT2D eigenvalue weighted by atomic mass is 9.47. The van der Waals surface area contributed by atoms with Crippen molar-refractivity contribution in [2.24, 2.45) is 28.6 Å². The van der Waals surface area contributed by atoms with Crippen molar-refractivity contribution in [3.63, 3.8) is 0 Å². The Morgan fingerprint density at radius 1 is 0.829 bits per heavy atom.